The summed E-state index contributed by atoms with van der Waals surface area (Å²) in [5.41, 5.74) is 6.30. The van der Waals surface area contributed by atoms with Crippen LogP contribution in [0.3, 0.4) is 0 Å². The number of hydrogen-bond acceptors (Lipinski definition) is 3. The summed E-state index contributed by atoms with van der Waals surface area (Å²) in [4.78, 5) is 11.1. The molecule has 4 nitrogen and oxygen atoms in total. The van der Waals surface area contributed by atoms with Crippen LogP contribution in [0.4, 0.5) is 0 Å². The number of carbonyl (C=O) groups is 1. The third kappa shape index (κ3) is 9.28. The molecule has 15 heavy (non-hydrogen) atoms. The minimum atomic E-state index is -0.0375. The molecule has 0 bridgehead atoms. The molecule has 0 aliphatic heterocycles. The van der Waals surface area contributed by atoms with E-state index in [0.29, 0.717) is 6.54 Å². The number of amides is 1. The van der Waals surface area contributed by atoms with E-state index in [-0.39, 0.29) is 5.91 Å². The molecule has 1 amide bonds. The maximum absolute atomic E-state index is 11.1. The SMILES string of the molecule is CCNC(=O)/C=C(/C)NCCCCCN. The predicted molar refractivity (Wildman–Crippen MR) is 63.3 cm³/mol. The highest BCUT2D eigenvalue weighted by molar-refractivity contribution is 5.87. The second-order valence-electron chi connectivity index (χ2n) is 3.50. The molecule has 88 valence electrons. The first kappa shape index (κ1) is 14.0. The van der Waals surface area contributed by atoms with Gasteiger partial charge in [-0.25, -0.2) is 0 Å². The molecule has 0 spiro atoms. The third-order valence-electron chi connectivity index (χ3n) is 1.98. The Kier molecular flexibility index (Phi) is 8.87. The Morgan fingerprint density at radius 3 is 2.60 bits per heavy atom. The maximum Gasteiger partial charge on any atom is 0.245 e. The summed E-state index contributed by atoms with van der Waals surface area (Å²) in [5, 5.41) is 5.91. The van der Waals surface area contributed by atoms with E-state index in [1.165, 1.54) is 0 Å². The molecule has 0 aromatic heterocycles. The van der Waals surface area contributed by atoms with Crippen molar-refractivity contribution < 1.29 is 4.79 Å². The van der Waals surface area contributed by atoms with Crippen LogP contribution in [0.15, 0.2) is 11.8 Å². The highest BCUT2D eigenvalue weighted by Gasteiger charge is 1.95. The summed E-state index contributed by atoms with van der Waals surface area (Å²) in [7, 11) is 0. The van der Waals surface area contributed by atoms with Crippen LogP contribution in [0.2, 0.25) is 0 Å². The van der Waals surface area contributed by atoms with Crippen molar-refractivity contribution in [2.45, 2.75) is 33.1 Å². The first-order valence-electron chi connectivity index (χ1n) is 5.60. The first-order chi connectivity index (χ1) is 7.20. The van der Waals surface area contributed by atoms with Crippen molar-refractivity contribution in [3.8, 4) is 0 Å². The van der Waals surface area contributed by atoms with Gasteiger partial charge in [0, 0.05) is 24.9 Å². The Morgan fingerprint density at radius 2 is 2.00 bits per heavy atom. The molecule has 0 saturated carbocycles. The summed E-state index contributed by atoms with van der Waals surface area (Å²) in [6.45, 7) is 6.13. The molecule has 0 saturated heterocycles. The lowest BCUT2D eigenvalue weighted by Gasteiger charge is -2.06. The molecular formula is C11H23N3O. The largest absolute Gasteiger partial charge is 0.388 e. The smallest absolute Gasteiger partial charge is 0.245 e. The molecule has 0 fully saturated rings. The quantitative estimate of drug-likeness (QED) is 0.411. The average molecular weight is 213 g/mol. The molecule has 0 aliphatic rings. The van der Waals surface area contributed by atoms with Gasteiger partial charge in [0.05, 0.1) is 0 Å². The Hall–Kier alpha value is -1.03. The van der Waals surface area contributed by atoms with E-state index in [1.807, 2.05) is 13.8 Å². The van der Waals surface area contributed by atoms with E-state index in [2.05, 4.69) is 10.6 Å². The summed E-state index contributed by atoms with van der Waals surface area (Å²) >= 11 is 0. The minimum Gasteiger partial charge on any atom is -0.388 e. The fourth-order valence-electron chi connectivity index (χ4n) is 1.20. The zero-order valence-electron chi connectivity index (χ0n) is 9.81. The number of rotatable bonds is 8. The minimum absolute atomic E-state index is 0.0375. The van der Waals surface area contributed by atoms with Crippen molar-refractivity contribution >= 4 is 5.91 Å². The lowest BCUT2D eigenvalue weighted by molar-refractivity contribution is -0.116. The van der Waals surface area contributed by atoms with Gasteiger partial charge in [0.1, 0.15) is 0 Å². The number of nitrogens with two attached hydrogens (primary N) is 1. The zero-order valence-corrected chi connectivity index (χ0v) is 9.81. The van der Waals surface area contributed by atoms with Crippen LogP contribution >= 0.6 is 0 Å². The van der Waals surface area contributed by atoms with E-state index < -0.39 is 0 Å². The Balaban J connectivity index is 3.54. The van der Waals surface area contributed by atoms with Crippen molar-refractivity contribution in [1.29, 1.82) is 0 Å². The summed E-state index contributed by atoms with van der Waals surface area (Å²) in [6, 6.07) is 0. The molecule has 4 heteroatoms. The number of likely N-dealkylation sites (N-methyl/N-ethyl adjacent to an activating group) is 1. The van der Waals surface area contributed by atoms with Crippen molar-refractivity contribution in [1.82, 2.24) is 10.6 Å². The van der Waals surface area contributed by atoms with Crippen molar-refractivity contribution in [2.75, 3.05) is 19.6 Å². The highest BCUT2D eigenvalue weighted by Crippen LogP contribution is 1.93. The Morgan fingerprint density at radius 1 is 1.27 bits per heavy atom. The number of hydrogen-bond donors (Lipinski definition) is 3. The predicted octanol–water partition coefficient (Wildman–Crippen LogP) is 0.745. The lowest BCUT2D eigenvalue weighted by atomic mass is 10.2. The standard InChI is InChI=1S/C11H23N3O/c1-3-13-11(15)9-10(2)14-8-6-4-5-7-12/h9,14H,3-8,12H2,1-2H3,(H,13,15)/b10-9-. The van der Waals surface area contributed by atoms with Gasteiger partial charge >= 0.3 is 0 Å². The molecule has 0 rings (SSSR count). The van der Waals surface area contributed by atoms with E-state index in [0.717, 1.165) is 38.0 Å². The lowest BCUT2D eigenvalue weighted by Crippen LogP contribution is -2.22. The number of carbonyl (C=O) groups excluding carboxylic acids is 1. The van der Waals surface area contributed by atoms with Gasteiger partial charge in [-0.05, 0) is 33.2 Å². The van der Waals surface area contributed by atoms with Gasteiger partial charge in [0.25, 0.3) is 0 Å². The monoisotopic (exact) mass is 213 g/mol. The van der Waals surface area contributed by atoms with Gasteiger partial charge in [0.2, 0.25) is 5.91 Å². The first-order valence-corrected chi connectivity index (χ1v) is 5.60. The summed E-state index contributed by atoms with van der Waals surface area (Å²) < 4.78 is 0. The van der Waals surface area contributed by atoms with Crippen LogP contribution in [0.1, 0.15) is 33.1 Å². The Labute approximate surface area is 92.3 Å². The topological polar surface area (TPSA) is 67.2 Å². The summed E-state index contributed by atoms with van der Waals surface area (Å²) in [5.74, 6) is -0.0375. The molecule has 0 unspecified atom stereocenters. The van der Waals surface area contributed by atoms with Gasteiger partial charge in [-0.15, -0.1) is 0 Å². The van der Waals surface area contributed by atoms with Crippen molar-refractivity contribution in [2.24, 2.45) is 5.73 Å². The highest BCUT2D eigenvalue weighted by atomic mass is 16.1. The molecule has 0 aliphatic carbocycles. The number of unbranched alkanes of at least 4 members (excludes halogenated alkanes) is 2. The van der Waals surface area contributed by atoms with Crippen LogP contribution in [0, 0.1) is 0 Å². The molecule has 0 heterocycles. The third-order valence-corrected chi connectivity index (χ3v) is 1.98. The normalized spacial score (nSPS) is 11.3. The van der Waals surface area contributed by atoms with Gasteiger partial charge in [-0.3, -0.25) is 4.79 Å². The van der Waals surface area contributed by atoms with E-state index in [1.54, 1.807) is 6.08 Å². The van der Waals surface area contributed by atoms with Crippen LogP contribution in [0.5, 0.6) is 0 Å². The van der Waals surface area contributed by atoms with Crippen LogP contribution in [-0.2, 0) is 4.79 Å². The maximum atomic E-state index is 11.1. The van der Waals surface area contributed by atoms with Gasteiger partial charge in [-0.1, -0.05) is 6.42 Å². The molecule has 0 radical (unpaired) electrons. The van der Waals surface area contributed by atoms with Crippen molar-refractivity contribution in [3.05, 3.63) is 11.8 Å². The average Bonchev–Trinajstić information content (AvgIpc) is 2.17. The molecule has 0 aromatic rings. The van der Waals surface area contributed by atoms with E-state index in [9.17, 15) is 4.79 Å². The van der Waals surface area contributed by atoms with Crippen LogP contribution < -0.4 is 16.4 Å². The zero-order chi connectivity index (χ0) is 11.5. The second kappa shape index (κ2) is 9.52. The fraction of sp³-hybridized carbons (Fsp3) is 0.727. The second-order valence-corrected chi connectivity index (χ2v) is 3.50. The number of nitrogens with one attached hydrogen (secondary N) is 2. The van der Waals surface area contributed by atoms with E-state index >= 15 is 0 Å². The molecule has 0 aromatic carbocycles. The van der Waals surface area contributed by atoms with Crippen LogP contribution in [0.25, 0.3) is 0 Å². The summed E-state index contributed by atoms with van der Waals surface area (Å²) in [6.07, 6.45) is 4.89. The molecule has 4 N–H and O–H groups in total. The van der Waals surface area contributed by atoms with E-state index in [4.69, 9.17) is 5.73 Å². The van der Waals surface area contributed by atoms with Gasteiger partial charge in [-0.2, -0.15) is 0 Å². The van der Waals surface area contributed by atoms with Crippen molar-refractivity contribution in [3.63, 3.8) is 0 Å². The Bertz CT molecular complexity index is 202. The van der Waals surface area contributed by atoms with Gasteiger partial charge in [0.15, 0.2) is 0 Å². The fourth-order valence-corrected chi connectivity index (χ4v) is 1.20. The number of allylic oxidation sites excluding steroid dienone is 1. The molecule has 0 atom stereocenters. The van der Waals surface area contributed by atoms with Crippen LogP contribution in [-0.4, -0.2) is 25.5 Å². The molecular weight excluding hydrogens is 190 g/mol. The van der Waals surface area contributed by atoms with Gasteiger partial charge < -0.3 is 16.4 Å².